The van der Waals surface area contributed by atoms with E-state index in [4.69, 9.17) is 9.47 Å². The molecule has 1 aliphatic rings. The number of phenols is 1. The fourth-order valence-corrected chi connectivity index (χ4v) is 7.00. The van der Waals surface area contributed by atoms with Crippen LogP contribution in [-0.2, 0) is 16.1 Å². The van der Waals surface area contributed by atoms with Crippen molar-refractivity contribution in [3.05, 3.63) is 112 Å². The number of anilines is 2. The molecule has 7 rings (SSSR count). The summed E-state index contributed by atoms with van der Waals surface area (Å²) in [6.07, 6.45) is -0.185. The van der Waals surface area contributed by atoms with Gasteiger partial charge in [-0.2, -0.15) is 5.21 Å². The molecule has 7 N–H and O–H groups in total. The number of amides is 2. The van der Waals surface area contributed by atoms with Gasteiger partial charge in [-0.1, -0.05) is 54.6 Å². The number of piperidine rings is 1. The van der Waals surface area contributed by atoms with Crippen molar-refractivity contribution < 1.29 is 29.3 Å². The van der Waals surface area contributed by atoms with Crippen LogP contribution in [0.5, 0.6) is 11.5 Å². The highest BCUT2D eigenvalue weighted by Crippen LogP contribution is 2.34. The van der Waals surface area contributed by atoms with Gasteiger partial charge in [0.1, 0.15) is 17.6 Å². The van der Waals surface area contributed by atoms with Crippen molar-refractivity contribution in [1.82, 2.24) is 35.8 Å². The number of phenolic OH excluding ortho intramolecular Hbond substituents is 1. The maximum atomic E-state index is 13.3. The third kappa shape index (κ3) is 9.44. The van der Waals surface area contributed by atoms with Crippen molar-refractivity contribution in [2.24, 2.45) is 0 Å². The number of methoxy groups -OCH3 is 1. The maximum Gasteiger partial charge on any atom is 0.411 e. The first kappa shape index (κ1) is 38.6. The van der Waals surface area contributed by atoms with E-state index >= 15 is 0 Å². The van der Waals surface area contributed by atoms with Crippen molar-refractivity contribution in [3.8, 4) is 34.0 Å². The topological polar surface area (TPSA) is 220 Å². The smallest absolute Gasteiger partial charge is 0.411 e. The van der Waals surface area contributed by atoms with Crippen LogP contribution in [0.2, 0.25) is 0 Å². The van der Waals surface area contributed by atoms with E-state index < -0.39 is 12.2 Å². The number of aromatic nitrogens is 5. The van der Waals surface area contributed by atoms with Crippen LogP contribution in [0.4, 0.5) is 16.2 Å². The van der Waals surface area contributed by atoms with Gasteiger partial charge in [0.05, 0.1) is 30.1 Å². The number of aliphatic hydroxyl groups is 1. The van der Waals surface area contributed by atoms with Crippen LogP contribution in [0.3, 0.4) is 0 Å². The van der Waals surface area contributed by atoms with Crippen LogP contribution in [-0.4, -0.2) is 92.1 Å². The number of hydrogen-bond donors (Lipinski definition) is 7. The Labute approximate surface area is 327 Å². The number of rotatable bonds is 14. The number of aromatic amines is 2. The zero-order valence-electron chi connectivity index (χ0n) is 31.2. The van der Waals surface area contributed by atoms with E-state index in [0.29, 0.717) is 71.7 Å². The number of aliphatic hydroxyl groups excluding tert-OH is 1. The summed E-state index contributed by atoms with van der Waals surface area (Å²) in [7, 11) is 1.53. The molecule has 1 atom stereocenters. The van der Waals surface area contributed by atoms with Crippen molar-refractivity contribution in [2.75, 3.05) is 43.9 Å². The van der Waals surface area contributed by atoms with E-state index in [1.54, 1.807) is 24.3 Å². The van der Waals surface area contributed by atoms with Crippen LogP contribution in [0.15, 0.2) is 95.8 Å². The quantitative estimate of drug-likeness (QED) is 0.0782. The monoisotopic (exact) mass is 773 g/mol. The summed E-state index contributed by atoms with van der Waals surface area (Å²) in [6.45, 7) is 2.27. The molecule has 4 aromatic carbocycles. The highest BCUT2D eigenvalue weighted by atomic mass is 16.6. The first-order valence-electron chi connectivity index (χ1n) is 18.6. The molecule has 6 aromatic rings. The van der Waals surface area contributed by atoms with Gasteiger partial charge in [0, 0.05) is 73.4 Å². The Morgan fingerprint density at radius 2 is 1.74 bits per heavy atom. The van der Waals surface area contributed by atoms with Gasteiger partial charge in [-0.3, -0.25) is 14.9 Å². The van der Waals surface area contributed by atoms with Gasteiger partial charge in [0.2, 0.25) is 17.3 Å². The van der Waals surface area contributed by atoms with E-state index in [1.165, 1.54) is 19.2 Å². The van der Waals surface area contributed by atoms with Gasteiger partial charge in [0.15, 0.2) is 0 Å². The second-order valence-electron chi connectivity index (χ2n) is 13.7. The number of H-pyrrole nitrogens is 2. The van der Waals surface area contributed by atoms with Gasteiger partial charge < -0.3 is 40.2 Å². The Balaban J connectivity index is 0.919. The SMILES string of the molecule is COc1cc(NC(=O)CCN2CCC(OC(=O)Nc3ccccc3-c3ccccc3)CC2)c(-c2nn[nH]n2)cc1CNC[C@H](O)c1ccc(O)c2[nH]c(=O)ccc12. The molecule has 0 bridgehead atoms. The number of ether oxygens (including phenoxy) is 2. The van der Waals surface area contributed by atoms with Gasteiger partial charge >= 0.3 is 6.09 Å². The molecule has 0 radical (unpaired) electrons. The molecule has 1 aliphatic heterocycles. The van der Waals surface area contributed by atoms with E-state index in [9.17, 15) is 24.6 Å². The van der Waals surface area contributed by atoms with Crippen LogP contribution < -0.4 is 26.2 Å². The van der Waals surface area contributed by atoms with Crippen LogP contribution in [0.1, 0.15) is 36.5 Å². The van der Waals surface area contributed by atoms with Gasteiger partial charge in [-0.25, -0.2) is 4.79 Å². The summed E-state index contributed by atoms with van der Waals surface area (Å²) in [6, 6.07) is 26.9. The number of para-hydroxylation sites is 1. The molecule has 0 unspecified atom stereocenters. The second kappa shape index (κ2) is 17.9. The Bertz CT molecular complexity index is 2380. The number of nitrogens with zero attached hydrogens (tertiary/aromatic N) is 4. The first-order valence-corrected chi connectivity index (χ1v) is 18.6. The molecule has 16 nitrogen and oxygen atoms in total. The summed E-state index contributed by atoms with van der Waals surface area (Å²) < 4.78 is 11.5. The first-order chi connectivity index (χ1) is 27.7. The molecule has 0 aliphatic carbocycles. The zero-order chi connectivity index (χ0) is 39.7. The predicted molar refractivity (Wildman–Crippen MR) is 214 cm³/mol. The van der Waals surface area contributed by atoms with Crippen molar-refractivity contribution >= 4 is 34.3 Å². The molecule has 2 amide bonds. The Morgan fingerprint density at radius 3 is 2.51 bits per heavy atom. The fraction of sp³-hybridized carbons (Fsp3) is 0.268. The lowest BCUT2D eigenvalue weighted by atomic mass is 10.0. The number of aromatic hydroxyl groups is 1. The molecule has 2 aromatic heterocycles. The predicted octanol–water partition coefficient (Wildman–Crippen LogP) is 4.95. The Morgan fingerprint density at radius 1 is 0.947 bits per heavy atom. The Hall–Kier alpha value is -6.62. The number of nitrogens with one attached hydrogen (secondary N) is 5. The molecule has 57 heavy (non-hydrogen) atoms. The summed E-state index contributed by atoms with van der Waals surface area (Å²) in [4.78, 5) is 42.7. The minimum absolute atomic E-state index is 0.0899. The van der Waals surface area contributed by atoms with Crippen molar-refractivity contribution in [2.45, 2.75) is 38.0 Å². The number of likely N-dealkylation sites (tertiary alicyclic amines) is 1. The lowest BCUT2D eigenvalue weighted by molar-refractivity contribution is -0.116. The third-order valence-corrected chi connectivity index (χ3v) is 9.91. The largest absolute Gasteiger partial charge is 0.506 e. The molecule has 1 fully saturated rings. The van der Waals surface area contributed by atoms with Crippen LogP contribution in [0, 0.1) is 0 Å². The van der Waals surface area contributed by atoms with E-state index in [2.05, 4.69) is 46.5 Å². The van der Waals surface area contributed by atoms with E-state index in [1.807, 2.05) is 54.6 Å². The standard InChI is InChI=1S/C41H43N9O7/c1-56-36-22-33(31(40-46-48-49-47-40)21-26(36)23-42-24-35(52)29-11-13-34(51)39-30(29)12-14-37(53)45-39)43-38(54)17-20-50-18-15-27(16-19-50)57-41(55)44-32-10-6-5-9-28(32)25-7-3-2-4-8-25/h2-14,21-22,27,35,42,51-52H,15-20,23-24H2,1H3,(H,43,54)(H,44,55)(H,45,53)(H,46,47,48,49)/t35-/m0/s1. The molecular formula is C41H43N9O7. The second-order valence-corrected chi connectivity index (χ2v) is 13.7. The molecule has 3 heterocycles. The zero-order valence-corrected chi connectivity index (χ0v) is 31.2. The highest BCUT2D eigenvalue weighted by Gasteiger charge is 2.24. The average Bonchev–Trinajstić information content (AvgIpc) is 3.77. The molecule has 0 saturated carbocycles. The van der Waals surface area contributed by atoms with Crippen molar-refractivity contribution in [1.29, 1.82) is 0 Å². The van der Waals surface area contributed by atoms with Crippen molar-refractivity contribution in [3.63, 3.8) is 0 Å². The van der Waals surface area contributed by atoms with Gasteiger partial charge in [0.25, 0.3) is 0 Å². The van der Waals surface area contributed by atoms with Gasteiger partial charge in [-0.15, -0.1) is 10.2 Å². The summed E-state index contributed by atoms with van der Waals surface area (Å²) in [5.41, 5.74) is 4.68. The number of tetrazole rings is 1. The summed E-state index contributed by atoms with van der Waals surface area (Å²) >= 11 is 0. The lowest BCUT2D eigenvalue weighted by Crippen LogP contribution is -2.39. The maximum absolute atomic E-state index is 13.3. The van der Waals surface area contributed by atoms with E-state index in [0.717, 1.165) is 11.1 Å². The third-order valence-electron chi connectivity index (χ3n) is 9.91. The number of benzene rings is 4. The van der Waals surface area contributed by atoms with Crippen LogP contribution in [0.25, 0.3) is 33.4 Å². The lowest BCUT2D eigenvalue weighted by Gasteiger charge is -2.31. The highest BCUT2D eigenvalue weighted by molar-refractivity contribution is 5.95. The van der Waals surface area contributed by atoms with Crippen LogP contribution >= 0.6 is 0 Å². The summed E-state index contributed by atoms with van der Waals surface area (Å²) in [5, 5.41) is 45.3. The van der Waals surface area contributed by atoms with Gasteiger partial charge in [-0.05, 0) is 53.4 Å². The molecule has 0 spiro atoms. The molecule has 294 valence electrons. The molecule has 16 heteroatoms. The minimum atomic E-state index is -0.966. The number of carbonyl (C=O) groups is 2. The number of pyridine rings is 1. The number of carbonyl (C=O) groups excluding carboxylic acids is 2. The normalized spacial score (nSPS) is 13.9. The summed E-state index contributed by atoms with van der Waals surface area (Å²) in [5.74, 6) is 0.455. The average molecular weight is 774 g/mol. The Kier molecular flexibility index (Phi) is 12.1. The molecular weight excluding hydrogens is 731 g/mol. The number of hydrogen-bond acceptors (Lipinski definition) is 12. The fourth-order valence-electron chi connectivity index (χ4n) is 7.00. The van der Waals surface area contributed by atoms with E-state index in [-0.39, 0.29) is 54.2 Å². The minimum Gasteiger partial charge on any atom is -0.506 e. The number of fused-ring (bicyclic) bond motifs is 1. The molecule has 1 saturated heterocycles.